The van der Waals surface area contributed by atoms with Crippen molar-refractivity contribution in [1.82, 2.24) is 15.3 Å². The maximum absolute atomic E-state index is 5.78. The molecule has 1 atom stereocenters. The first-order valence-electron chi connectivity index (χ1n) is 6.18. The minimum atomic E-state index is 0.264. The van der Waals surface area contributed by atoms with E-state index in [2.05, 4.69) is 20.3 Å². The minimum absolute atomic E-state index is 0.264. The van der Waals surface area contributed by atoms with Gasteiger partial charge in [-0.15, -0.1) is 0 Å². The van der Waals surface area contributed by atoms with Crippen LogP contribution in [0.15, 0.2) is 17.3 Å². The Morgan fingerprint density at radius 1 is 1.67 bits per heavy atom. The van der Waals surface area contributed by atoms with Crippen LogP contribution in [0.2, 0.25) is 0 Å². The van der Waals surface area contributed by atoms with E-state index in [1.54, 1.807) is 6.20 Å². The van der Waals surface area contributed by atoms with Crippen LogP contribution in [-0.2, 0) is 11.3 Å². The summed E-state index contributed by atoms with van der Waals surface area (Å²) in [6.45, 7) is 3.89. The number of aromatic nitrogens is 2. The van der Waals surface area contributed by atoms with E-state index in [1.807, 2.05) is 13.0 Å². The molecule has 2 rings (SSSR count). The number of ether oxygens (including phenoxy) is 1. The number of nitrogens with one attached hydrogen (secondary N) is 1. The average Bonchev–Trinajstić information content (AvgIpc) is 2.87. The van der Waals surface area contributed by atoms with E-state index in [1.165, 1.54) is 0 Å². The van der Waals surface area contributed by atoms with Crippen molar-refractivity contribution in [3.05, 3.63) is 23.8 Å². The van der Waals surface area contributed by atoms with Crippen LogP contribution in [0, 0.1) is 6.92 Å². The predicted molar refractivity (Wildman–Crippen MR) is 69.1 cm³/mol. The number of aliphatic imine (C=N–C) groups is 1. The second kappa shape index (κ2) is 6.30. The normalized spacial score (nSPS) is 20.1. The Morgan fingerprint density at radius 2 is 2.56 bits per heavy atom. The van der Waals surface area contributed by atoms with Crippen molar-refractivity contribution < 1.29 is 4.74 Å². The molecule has 1 aliphatic heterocycles. The van der Waals surface area contributed by atoms with Crippen molar-refractivity contribution in [3.63, 3.8) is 0 Å². The summed E-state index contributed by atoms with van der Waals surface area (Å²) in [5.41, 5.74) is 6.64. The van der Waals surface area contributed by atoms with Gasteiger partial charge in [-0.2, -0.15) is 0 Å². The van der Waals surface area contributed by atoms with Crippen LogP contribution < -0.4 is 11.1 Å². The standard InChI is InChI=1S/C12H19N5O/c1-9-14-5-4-10(17-9)7-15-12(13)16-8-11-3-2-6-18-11/h4-5,11H,2-3,6-8H2,1H3,(H3,13,15,16). The fourth-order valence-electron chi connectivity index (χ4n) is 1.84. The van der Waals surface area contributed by atoms with Crippen LogP contribution in [0.1, 0.15) is 24.4 Å². The largest absolute Gasteiger partial charge is 0.376 e. The van der Waals surface area contributed by atoms with Gasteiger partial charge in [-0.1, -0.05) is 0 Å². The highest BCUT2D eigenvalue weighted by atomic mass is 16.5. The van der Waals surface area contributed by atoms with Crippen molar-refractivity contribution >= 4 is 5.96 Å². The molecule has 1 aromatic heterocycles. The molecule has 2 heterocycles. The zero-order valence-corrected chi connectivity index (χ0v) is 10.6. The second-order valence-electron chi connectivity index (χ2n) is 4.31. The smallest absolute Gasteiger partial charge is 0.189 e. The van der Waals surface area contributed by atoms with Gasteiger partial charge in [0, 0.05) is 19.3 Å². The van der Waals surface area contributed by atoms with E-state index in [0.29, 0.717) is 12.5 Å². The summed E-state index contributed by atoms with van der Waals surface area (Å²) < 4.78 is 5.49. The molecule has 1 unspecified atom stereocenters. The highest BCUT2D eigenvalue weighted by Crippen LogP contribution is 2.10. The SMILES string of the molecule is Cc1nccc(CN=C(N)NCC2CCCO2)n1. The maximum atomic E-state index is 5.78. The van der Waals surface area contributed by atoms with Gasteiger partial charge in [0.15, 0.2) is 5.96 Å². The lowest BCUT2D eigenvalue weighted by molar-refractivity contribution is 0.114. The fraction of sp³-hybridized carbons (Fsp3) is 0.583. The fourth-order valence-corrected chi connectivity index (χ4v) is 1.84. The van der Waals surface area contributed by atoms with E-state index in [4.69, 9.17) is 10.5 Å². The number of aryl methyl sites for hydroxylation is 1. The number of guanidine groups is 1. The number of rotatable bonds is 4. The summed E-state index contributed by atoms with van der Waals surface area (Å²) in [5, 5.41) is 3.07. The molecule has 0 aromatic carbocycles. The van der Waals surface area contributed by atoms with Crippen LogP contribution >= 0.6 is 0 Å². The molecular weight excluding hydrogens is 230 g/mol. The number of hydrogen-bond donors (Lipinski definition) is 2. The summed E-state index contributed by atoms with van der Waals surface area (Å²) in [6.07, 6.45) is 4.21. The molecule has 0 spiro atoms. The monoisotopic (exact) mass is 249 g/mol. The number of nitrogens with two attached hydrogens (primary N) is 1. The molecule has 0 amide bonds. The minimum Gasteiger partial charge on any atom is -0.376 e. The summed E-state index contributed by atoms with van der Waals surface area (Å²) in [4.78, 5) is 12.5. The third-order valence-electron chi connectivity index (χ3n) is 2.78. The average molecular weight is 249 g/mol. The van der Waals surface area contributed by atoms with E-state index >= 15 is 0 Å². The molecular formula is C12H19N5O. The van der Waals surface area contributed by atoms with Gasteiger partial charge in [0.1, 0.15) is 5.82 Å². The first kappa shape index (κ1) is 12.8. The Kier molecular flexibility index (Phi) is 4.46. The van der Waals surface area contributed by atoms with Crippen LogP contribution in [0.4, 0.5) is 0 Å². The first-order valence-corrected chi connectivity index (χ1v) is 6.18. The van der Waals surface area contributed by atoms with Gasteiger partial charge in [0.25, 0.3) is 0 Å². The first-order chi connectivity index (χ1) is 8.74. The zero-order valence-electron chi connectivity index (χ0n) is 10.6. The van der Waals surface area contributed by atoms with Gasteiger partial charge in [0.05, 0.1) is 18.3 Å². The third kappa shape index (κ3) is 3.96. The predicted octanol–water partition coefficient (Wildman–Crippen LogP) is 0.368. The van der Waals surface area contributed by atoms with Gasteiger partial charge < -0.3 is 15.8 Å². The molecule has 0 saturated carbocycles. The van der Waals surface area contributed by atoms with Gasteiger partial charge >= 0.3 is 0 Å². The Morgan fingerprint density at radius 3 is 3.28 bits per heavy atom. The third-order valence-corrected chi connectivity index (χ3v) is 2.78. The lowest BCUT2D eigenvalue weighted by Gasteiger charge is -2.10. The van der Waals surface area contributed by atoms with E-state index in [-0.39, 0.29) is 6.10 Å². The van der Waals surface area contributed by atoms with Crippen molar-refractivity contribution in [2.24, 2.45) is 10.7 Å². The van der Waals surface area contributed by atoms with E-state index < -0.39 is 0 Å². The zero-order chi connectivity index (χ0) is 12.8. The van der Waals surface area contributed by atoms with Gasteiger partial charge in [-0.3, -0.25) is 0 Å². The lowest BCUT2D eigenvalue weighted by atomic mass is 10.2. The molecule has 6 heteroatoms. The quantitative estimate of drug-likeness (QED) is 0.595. The lowest BCUT2D eigenvalue weighted by Crippen LogP contribution is -2.37. The summed E-state index contributed by atoms with van der Waals surface area (Å²) in [5.74, 6) is 1.18. The Hall–Kier alpha value is -1.69. The molecule has 0 aliphatic carbocycles. The Bertz CT molecular complexity index is 415. The highest BCUT2D eigenvalue weighted by molar-refractivity contribution is 5.77. The topological polar surface area (TPSA) is 85.4 Å². The van der Waals surface area contributed by atoms with Crippen LogP contribution in [0.5, 0.6) is 0 Å². The van der Waals surface area contributed by atoms with E-state index in [9.17, 15) is 0 Å². The van der Waals surface area contributed by atoms with Crippen LogP contribution in [0.25, 0.3) is 0 Å². The molecule has 1 aromatic rings. The molecule has 0 radical (unpaired) electrons. The van der Waals surface area contributed by atoms with Crippen molar-refractivity contribution in [2.75, 3.05) is 13.2 Å². The van der Waals surface area contributed by atoms with Gasteiger partial charge in [-0.25, -0.2) is 15.0 Å². The van der Waals surface area contributed by atoms with Gasteiger partial charge in [-0.05, 0) is 25.8 Å². The maximum Gasteiger partial charge on any atom is 0.189 e. The molecule has 3 N–H and O–H groups in total. The molecule has 1 fully saturated rings. The van der Waals surface area contributed by atoms with Crippen molar-refractivity contribution in [2.45, 2.75) is 32.4 Å². The summed E-state index contributed by atoms with van der Waals surface area (Å²) in [6, 6.07) is 1.84. The molecule has 98 valence electrons. The summed E-state index contributed by atoms with van der Waals surface area (Å²) >= 11 is 0. The Labute approximate surface area is 107 Å². The number of hydrogen-bond acceptors (Lipinski definition) is 4. The second-order valence-corrected chi connectivity index (χ2v) is 4.31. The van der Waals surface area contributed by atoms with Crippen molar-refractivity contribution in [3.8, 4) is 0 Å². The number of nitrogens with zero attached hydrogens (tertiary/aromatic N) is 3. The molecule has 1 aliphatic rings. The molecule has 18 heavy (non-hydrogen) atoms. The Balaban J connectivity index is 1.77. The molecule has 0 bridgehead atoms. The van der Waals surface area contributed by atoms with Crippen molar-refractivity contribution in [1.29, 1.82) is 0 Å². The molecule has 1 saturated heterocycles. The van der Waals surface area contributed by atoms with Crippen LogP contribution in [0.3, 0.4) is 0 Å². The summed E-state index contributed by atoms with van der Waals surface area (Å²) in [7, 11) is 0. The van der Waals surface area contributed by atoms with Crippen LogP contribution in [-0.4, -0.2) is 35.2 Å². The molecule has 6 nitrogen and oxygen atoms in total. The van der Waals surface area contributed by atoms with Gasteiger partial charge in [0.2, 0.25) is 0 Å². The van der Waals surface area contributed by atoms with E-state index in [0.717, 1.165) is 37.5 Å². The highest BCUT2D eigenvalue weighted by Gasteiger charge is 2.14.